The van der Waals surface area contributed by atoms with E-state index < -0.39 is 18.0 Å². The number of esters is 1. The number of fused-ring (bicyclic) bond motifs is 1. The summed E-state index contributed by atoms with van der Waals surface area (Å²) in [6, 6.07) is 7.85. The third kappa shape index (κ3) is 9.62. The largest absolute Gasteiger partial charge is 0.469 e. The molecule has 3 rings (SSSR count). The number of carbonyl (C=O) groups is 4. The molecule has 2 aromatic rings. The van der Waals surface area contributed by atoms with Crippen LogP contribution in [0.3, 0.4) is 0 Å². The van der Waals surface area contributed by atoms with E-state index in [-0.39, 0.29) is 36.3 Å². The van der Waals surface area contributed by atoms with E-state index in [1.807, 2.05) is 18.2 Å². The normalized spacial score (nSPS) is 14.0. The molecule has 1 atom stereocenters. The molecular formula is C26H33ClN4O6S. The topological polar surface area (TPSA) is 126 Å². The number of anilines is 1. The van der Waals surface area contributed by atoms with Crippen LogP contribution in [0.15, 0.2) is 30.3 Å². The molecule has 38 heavy (non-hydrogen) atoms. The molecule has 0 saturated heterocycles. The van der Waals surface area contributed by atoms with Crippen LogP contribution >= 0.6 is 22.9 Å². The SMILES string of the molecule is COC(=O)CCCCC(=O)NC[C@@H](NC(=O)Oc1ccc(Cl)s1)C(=O)Nc1ccc2c(c1)CCN(C)CC2. The lowest BCUT2D eigenvalue weighted by Gasteiger charge is -2.19. The second-order valence-corrected chi connectivity index (χ2v) is 10.7. The molecule has 0 bridgehead atoms. The van der Waals surface area contributed by atoms with Gasteiger partial charge in [-0.05, 0) is 68.1 Å². The summed E-state index contributed by atoms with van der Waals surface area (Å²) in [6.07, 6.45) is 2.35. The second-order valence-electron chi connectivity index (χ2n) is 9.01. The van der Waals surface area contributed by atoms with Gasteiger partial charge in [0.1, 0.15) is 6.04 Å². The quantitative estimate of drug-likeness (QED) is 0.282. The minimum absolute atomic E-state index is 0.141. The fourth-order valence-electron chi connectivity index (χ4n) is 3.93. The Morgan fingerprint density at radius 1 is 1.05 bits per heavy atom. The Morgan fingerprint density at radius 2 is 1.79 bits per heavy atom. The van der Waals surface area contributed by atoms with Crippen LogP contribution in [0.2, 0.25) is 4.34 Å². The second kappa shape index (κ2) is 14.7. The summed E-state index contributed by atoms with van der Waals surface area (Å²) in [5, 5.41) is 8.33. The Balaban J connectivity index is 1.61. The Hall–Kier alpha value is -3.15. The van der Waals surface area contributed by atoms with Gasteiger partial charge in [0.2, 0.25) is 11.8 Å². The van der Waals surface area contributed by atoms with Crippen molar-refractivity contribution in [2.75, 3.05) is 39.1 Å². The molecule has 0 radical (unpaired) electrons. The van der Waals surface area contributed by atoms with Gasteiger partial charge in [0, 0.05) is 38.2 Å². The highest BCUT2D eigenvalue weighted by Crippen LogP contribution is 2.28. The lowest BCUT2D eigenvalue weighted by molar-refractivity contribution is -0.140. The van der Waals surface area contributed by atoms with Gasteiger partial charge in [-0.2, -0.15) is 0 Å². The van der Waals surface area contributed by atoms with Crippen molar-refractivity contribution in [3.05, 3.63) is 45.8 Å². The first kappa shape index (κ1) is 29.4. The number of nitrogens with one attached hydrogen (secondary N) is 3. The number of benzene rings is 1. The highest BCUT2D eigenvalue weighted by molar-refractivity contribution is 7.17. The molecule has 1 aromatic carbocycles. The number of carbonyl (C=O) groups excluding carboxylic acids is 4. The van der Waals surface area contributed by atoms with Crippen LogP contribution < -0.4 is 20.7 Å². The van der Waals surface area contributed by atoms with Crippen molar-refractivity contribution in [2.24, 2.45) is 0 Å². The van der Waals surface area contributed by atoms with Gasteiger partial charge in [0.05, 0.1) is 11.4 Å². The monoisotopic (exact) mass is 564 g/mol. The van der Waals surface area contributed by atoms with Gasteiger partial charge in [-0.3, -0.25) is 14.4 Å². The lowest BCUT2D eigenvalue weighted by Crippen LogP contribution is -2.51. The predicted molar refractivity (Wildman–Crippen MR) is 146 cm³/mol. The minimum Gasteiger partial charge on any atom is -0.469 e. The van der Waals surface area contributed by atoms with E-state index in [0.29, 0.717) is 22.9 Å². The fourth-order valence-corrected chi connectivity index (χ4v) is 4.80. The maximum Gasteiger partial charge on any atom is 0.414 e. The Morgan fingerprint density at radius 3 is 2.50 bits per heavy atom. The number of amides is 3. The first-order valence-corrected chi connectivity index (χ1v) is 13.6. The predicted octanol–water partition coefficient (Wildman–Crippen LogP) is 3.38. The van der Waals surface area contributed by atoms with Gasteiger partial charge < -0.3 is 30.3 Å². The van der Waals surface area contributed by atoms with E-state index in [1.165, 1.54) is 18.2 Å². The van der Waals surface area contributed by atoms with Gasteiger partial charge >= 0.3 is 12.1 Å². The smallest absolute Gasteiger partial charge is 0.414 e. The van der Waals surface area contributed by atoms with E-state index in [9.17, 15) is 19.2 Å². The number of hydrogen-bond acceptors (Lipinski definition) is 8. The third-order valence-corrected chi connectivity index (χ3v) is 7.22. The van der Waals surface area contributed by atoms with Crippen LogP contribution in [0.1, 0.15) is 36.8 Å². The number of likely N-dealkylation sites (N-methyl/N-ethyl adjacent to an activating group) is 1. The van der Waals surface area contributed by atoms with Crippen LogP contribution in [0.25, 0.3) is 0 Å². The zero-order valence-corrected chi connectivity index (χ0v) is 23.1. The molecule has 0 fully saturated rings. The van der Waals surface area contributed by atoms with Crippen molar-refractivity contribution in [3.63, 3.8) is 0 Å². The van der Waals surface area contributed by atoms with E-state index in [1.54, 1.807) is 12.1 Å². The molecule has 0 saturated carbocycles. The molecule has 3 amide bonds. The third-order valence-electron chi connectivity index (χ3n) is 6.12. The minimum atomic E-state index is -1.10. The number of rotatable bonds is 11. The molecule has 3 N–H and O–H groups in total. The Kier molecular flexibility index (Phi) is 11.4. The standard InChI is InChI=1S/C26H33ClN4O6S/c1-31-13-11-17-7-8-19(15-18(17)12-14-31)29-25(34)20(30-26(35)37-24-10-9-21(27)38-24)16-28-22(32)5-3-4-6-23(33)36-2/h7-10,15,20H,3-6,11-14,16H2,1-2H3,(H,28,32)(H,29,34)(H,30,35)/t20-/m1/s1. The molecule has 1 aliphatic heterocycles. The number of nitrogens with zero attached hydrogens (tertiary/aromatic N) is 1. The summed E-state index contributed by atoms with van der Waals surface area (Å²) in [7, 11) is 3.40. The van der Waals surface area contributed by atoms with Gasteiger partial charge in [0.25, 0.3) is 0 Å². The van der Waals surface area contributed by atoms with Crippen LogP contribution in [0.4, 0.5) is 10.5 Å². The van der Waals surface area contributed by atoms with Crippen LogP contribution in [-0.2, 0) is 32.0 Å². The molecule has 1 aromatic heterocycles. The molecule has 0 unspecified atom stereocenters. The van der Waals surface area contributed by atoms with Gasteiger partial charge in [0.15, 0.2) is 5.06 Å². The van der Waals surface area contributed by atoms with Gasteiger partial charge in [-0.15, -0.1) is 0 Å². The van der Waals surface area contributed by atoms with Crippen LogP contribution in [0, 0.1) is 0 Å². The molecule has 0 spiro atoms. The van der Waals surface area contributed by atoms with E-state index in [2.05, 4.69) is 32.6 Å². The number of ether oxygens (including phenoxy) is 2. The number of thiophene rings is 1. The van der Waals surface area contributed by atoms with Crippen molar-refractivity contribution in [1.82, 2.24) is 15.5 Å². The number of hydrogen-bond donors (Lipinski definition) is 3. The van der Waals surface area contributed by atoms with E-state index >= 15 is 0 Å². The first-order chi connectivity index (χ1) is 18.2. The summed E-state index contributed by atoms with van der Waals surface area (Å²) in [5.74, 6) is -1.13. The van der Waals surface area contributed by atoms with Gasteiger partial charge in [-0.1, -0.05) is 29.0 Å². The van der Waals surface area contributed by atoms with E-state index in [0.717, 1.165) is 37.3 Å². The summed E-state index contributed by atoms with van der Waals surface area (Å²) < 4.78 is 10.3. The molecule has 10 nitrogen and oxygen atoms in total. The average Bonchev–Trinajstić information content (AvgIpc) is 3.20. The maximum absolute atomic E-state index is 13.2. The van der Waals surface area contributed by atoms with Crippen molar-refractivity contribution in [1.29, 1.82) is 0 Å². The highest BCUT2D eigenvalue weighted by Gasteiger charge is 2.24. The zero-order valence-electron chi connectivity index (χ0n) is 21.5. The molecule has 12 heteroatoms. The Labute approximate surface area is 231 Å². The maximum atomic E-state index is 13.2. The van der Waals surface area contributed by atoms with Crippen LogP contribution in [-0.4, -0.2) is 68.6 Å². The molecule has 0 aliphatic carbocycles. The number of halogens is 1. The zero-order chi connectivity index (χ0) is 27.5. The summed E-state index contributed by atoms with van der Waals surface area (Å²) >= 11 is 6.97. The van der Waals surface area contributed by atoms with Crippen molar-refractivity contribution >= 4 is 52.5 Å². The van der Waals surface area contributed by atoms with E-state index in [4.69, 9.17) is 16.3 Å². The summed E-state index contributed by atoms with van der Waals surface area (Å²) in [4.78, 5) is 51.5. The number of unbranched alkanes of at least 4 members (excludes halogenated alkanes) is 1. The molecule has 1 aliphatic rings. The molecule has 2 heterocycles. The molecule has 206 valence electrons. The average molecular weight is 565 g/mol. The van der Waals surface area contributed by atoms with Crippen molar-refractivity contribution in [3.8, 4) is 5.06 Å². The fraction of sp³-hybridized carbons (Fsp3) is 0.462. The number of methoxy groups -OCH3 is 1. The highest BCUT2D eigenvalue weighted by atomic mass is 35.5. The van der Waals surface area contributed by atoms with Crippen LogP contribution in [0.5, 0.6) is 5.06 Å². The summed E-state index contributed by atoms with van der Waals surface area (Å²) in [5.41, 5.74) is 3.03. The van der Waals surface area contributed by atoms with Gasteiger partial charge in [-0.25, -0.2) is 4.79 Å². The summed E-state index contributed by atoms with van der Waals surface area (Å²) in [6.45, 7) is 1.77. The molecular weight excluding hydrogens is 532 g/mol. The Bertz CT molecular complexity index is 1140. The lowest BCUT2D eigenvalue weighted by atomic mass is 10.0. The van der Waals surface area contributed by atoms with Crippen molar-refractivity contribution in [2.45, 2.75) is 44.6 Å². The van der Waals surface area contributed by atoms with Crippen molar-refractivity contribution < 1.29 is 28.7 Å². The first-order valence-electron chi connectivity index (χ1n) is 12.4.